The van der Waals surface area contributed by atoms with Gasteiger partial charge in [-0.25, -0.2) is 9.97 Å². The van der Waals surface area contributed by atoms with Gasteiger partial charge in [0, 0.05) is 18.9 Å². The highest BCUT2D eigenvalue weighted by atomic mass is 16.5. The first-order valence-electron chi connectivity index (χ1n) is 7.03. The molecule has 1 atom stereocenters. The second kappa shape index (κ2) is 7.04. The summed E-state index contributed by atoms with van der Waals surface area (Å²) in [6.45, 7) is 6.19. The number of aromatic nitrogens is 2. The molecule has 1 unspecified atom stereocenters. The van der Waals surface area contributed by atoms with Crippen LogP contribution in [0.1, 0.15) is 31.1 Å². The number of ether oxygens (including phenoxy) is 1. The maximum absolute atomic E-state index is 10.3. The van der Waals surface area contributed by atoms with Crippen molar-refractivity contribution in [1.82, 2.24) is 9.97 Å². The van der Waals surface area contributed by atoms with Crippen molar-refractivity contribution in [2.24, 2.45) is 0 Å². The Kier molecular flexibility index (Phi) is 5.11. The van der Waals surface area contributed by atoms with Crippen molar-refractivity contribution in [3.8, 4) is 5.88 Å². The number of benzene rings is 1. The molecule has 5 heteroatoms. The summed E-state index contributed by atoms with van der Waals surface area (Å²) < 4.78 is 5.59. The van der Waals surface area contributed by atoms with Gasteiger partial charge in [0.2, 0.25) is 0 Å². The molecule has 1 aromatic carbocycles. The molecule has 112 valence electrons. The van der Waals surface area contributed by atoms with Crippen molar-refractivity contribution in [1.29, 1.82) is 0 Å². The van der Waals surface area contributed by atoms with Crippen molar-refractivity contribution in [2.45, 2.75) is 33.0 Å². The van der Waals surface area contributed by atoms with Gasteiger partial charge >= 0.3 is 0 Å². The average Bonchev–Trinajstić information content (AvgIpc) is 2.46. The van der Waals surface area contributed by atoms with E-state index < -0.39 is 6.10 Å². The lowest BCUT2D eigenvalue weighted by Crippen LogP contribution is -2.16. The van der Waals surface area contributed by atoms with Crippen LogP contribution in [0.4, 0.5) is 5.82 Å². The lowest BCUT2D eigenvalue weighted by molar-refractivity contribution is 0.190. The van der Waals surface area contributed by atoms with Crippen LogP contribution in [0.3, 0.4) is 0 Å². The van der Waals surface area contributed by atoms with E-state index in [1.165, 1.54) is 0 Å². The highest BCUT2D eigenvalue weighted by Gasteiger charge is 2.13. The van der Waals surface area contributed by atoms with Gasteiger partial charge in [-0.05, 0) is 31.9 Å². The Bertz CT molecular complexity index is 587. The van der Waals surface area contributed by atoms with Crippen LogP contribution in [0.2, 0.25) is 0 Å². The third-order valence-electron chi connectivity index (χ3n) is 3.02. The van der Waals surface area contributed by atoms with Crippen LogP contribution in [0.25, 0.3) is 0 Å². The third-order valence-corrected chi connectivity index (χ3v) is 3.02. The lowest BCUT2D eigenvalue weighted by atomic mass is 10.0. The lowest BCUT2D eigenvalue weighted by Gasteiger charge is -2.17. The smallest absolute Gasteiger partial charge is 0.257 e. The van der Waals surface area contributed by atoms with E-state index in [1.807, 2.05) is 45.0 Å². The zero-order valence-electron chi connectivity index (χ0n) is 12.6. The summed E-state index contributed by atoms with van der Waals surface area (Å²) in [5.41, 5.74) is 1.96. The highest BCUT2D eigenvalue weighted by molar-refractivity contribution is 5.45. The molecule has 2 rings (SSSR count). The molecule has 2 aromatic rings. The zero-order chi connectivity index (χ0) is 15.2. The Balaban J connectivity index is 2.05. The molecule has 0 spiro atoms. The molecule has 2 N–H and O–H groups in total. The van der Waals surface area contributed by atoms with Crippen LogP contribution in [-0.4, -0.2) is 27.7 Å². The van der Waals surface area contributed by atoms with Gasteiger partial charge in [-0.3, -0.25) is 0 Å². The Morgan fingerprint density at radius 1 is 1.19 bits per heavy atom. The van der Waals surface area contributed by atoms with E-state index in [9.17, 15) is 5.11 Å². The summed E-state index contributed by atoms with van der Waals surface area (Å²) in [6, 6.07) is 7.77. The highest BCUT2D eigenvalue weighted by Crippen LogP contribution is 2.22. The quantitative estimate of drug-likeness (QED) is 0.855. The van der Waals surface area contributed by atoms with Crippen LogP contribution in [0, 0.1) is 6.92 Å². The Hall–Kier alpha value is -2.14. The van der Waals surface area contributed by atoms with E-state index in [0.29, 0.717) is 18.2 Å². The second-order valence-corrected chi connectivity index (χ2v) is 5.13. The molecular formula is C16H21N3O2. The molecule has 1 heterocycles. The second-order valence-electron chi connectivity index (χ2n) is 5.13. The van der Waals surface area contributed by atoms with Crippen molar-refractivity contribution >= 4 is 5.82 Å². The fourth-order valence-electron chi connectivity index (χ4n) is 2.02. The van der Waals surface area contributed by atoms with E-state index in [0.717, 1.165) is 11.1 Å². The first kappa shape index (κ1) is 15.3. The maximum atomic E-state index is 10.3. The van der Waals surface area contributed by atoms with Crippen LogP contribution in [-0.2, 0) is 0 Å². The number of anilines is 1. The van der Waals surface area contributed by atoms with Crippen molar-refractivity contribution in [2.75, 3.05) is 11.9 Å². The molecule has 0 radical (unpaired) electrons. The van der Waals surface area contributed by atoms with Gasteiger partial charge in [-0.15, -0.1) is 0 Å². The van der Waals surface area contributed by atoms with Gasteiger partial charge in [0.15, 0.2) is 5.82 Å². The van der Waals surface area contributed by atoms with E-state index in [-0.39, 0.29) is 6.10 Å². The van der Waals surface area contributed by atoms with E-state index in [1.54, 1.807) is 12.4 Å². The van der Waals surface area contributed by atoms with Gasteiger partial charge in [0.05, 0.1) is 12.2 Å². The van der Waals surface area contributed by atoms with Crippen molar-refractivity contribution < 1.29 is 9.84 Å². The number of hydrogen-bond donors (Lipinski definition) is 2. The molecule has 0 aliphatic carbocycles. The summed E-state index contributed by atoms with van der Waals surface area (Å²) in [5.74, 6) is 0.989. The first-order valence-corrected chi connectivity index (χ1v) is 7.03. The zero-order valence-corrected chi connectivity index (χ0v) is 12.6. The van der Waals surface area contributed by atoms with E-state index >= 15 is 0 Å². The standard InChI is InChI=1S/C16H21N3O2/c1-11(2)21-16-15(17-8-9-18-16)19-10-14(20)13-7-5-4-6-12(13)3/h4-9,11,14,20H,10H2,1-3H3,(H,17,19). The number of rotatable bonds is 6. The third kappa shape index (κ3) is 4.16. The van der Waals surface area contributed by atoms with Crippen LogP contribution >= 0.6 is 0 Å². The largest absolute Gasteiger partial charge is 0.472 e. The van der Waals surface area contributed by atoms with Gasteiger partial charge in [-0.1, -0.05) is 24.3 Å². The van der Waals surface area contributed by atoms with Crippen molar-refractivity contribution in [3.63, 3.8) is 0 Å². The van der Waals surface area contributed by atoms with Crippen molar-refractivity contribution in [3.05, 3.63) is 47.8 Å². The first-order chi connectivity index (χ1) is 10.1. The molecule has 0 aliphatic heterocycles. The van der Waals surface area contributed by atoms with Gasteiger partial charge in [0.1, 0.15) is 0 Å². The van der Waals surface area contributed by atoms with Gasteiger partial charge < -0.3 is 15.2 Å². The topological polar surface area (TPSA) is 67.3 Å². The predicted octanol–water partition coefficient (Wildman–Crippen LogP) is 2.72. The monoisotopic (exact) mass is 287 g/mol. The molecule has 0 saturated heterocycles. The summed E-state index contributed by atoms with van der Waals surface area (Å²) in [5, 5.41) is 13.4. The number of nitrogens with one attached hydrogen (secondary N) is 1. The molecule has 21 heavy (non-hydrogen) atoms. The number of nitrogens with zero attached hydrogens (tertiary/aromatic N) is 2. The Labute approximate surface area is 125 Å². The summed E-state index contributed by atoms with van der Waals surface area (Å²) in [7, 11) is 0. The van der Waals surface area contributed by atoms with Gasteiger partial charge in [0.25, 0.3) is 5.88 Å². The molecule has 1 aromatic heterocycles. The van der Waals surface area contributed by atoms with Crippen LogP contribution in [0.15, 0.2) is 36.7 Å². The summed E-state index contributed by atoms with van der Waals surface area (Å²) in [6.07, 6.45) is 2.58. The maximum Gasteiger partial charge on any atom is 0.257 e. The predicted molar refractivity (Wildman–Crippen MR) is 82.4 cm³/mol. The number of hydrogen-bond acceptors (Lipinski definition) is 5. The Morgan fingerprint density at radius 2 is 1.90 bits per heavy atom. The number of aliphatic hydroxyl groups excluding tert-OH is 1. The summed E-state index contributed by atoms with van der Waals surface area (Å²) in [4.78, 5) is 8.37. The number of aliphatic hydroxyl groups is 1. The molecule has 0 amide bonds. The average molecular weight is 287 g/mol. The van der Waals surface area contributed by atoms with Crippen LogP contribution < -0.4 is 10.1 Å². The van der Waals surface area contributed by atoms with Crippen LogP contribution in [0.5, 0.6) is 5.88 Å². The van der Waals surface area contributed by atoms with Gasteiger partial charge in [-0.2, -0.15) is 0 Å². The molecule has 0 aliphatic rings. The molecule has 5 nitrogen and oxygen atoms in total. The normalized spacial score (nSPS) is 12.2. The van der Waals surface area contributed by atoms with E-state index in [2.05, 4.69) is 15.3 Å². The molecule has 0 fully saturated rings. The SMILES string of the molecule is Cc1ccccc1C(O)CNc1nccnc1OC(C)C. The minimum Gasteiger partial charge on any atom is -0.472 e. The molecule has 0 bridgehead atoms. The minimum atomic E-state index is -0.611. The fraction of sp³-hybridized carbons (Fsp3) is 0.375. The molecular weight excluding hydrogens is 266 g/mol. The summed E-state index contributed by atoms with van der Waals surface area (Å²) >= 11 is 0. The minimum absolute atomic E-state index is 0.0172. The number of aryl methyl sites for hydroxylation is 1. The Morgan fingerprint density at radius 3 is 2.62 bits per heavy atom. The van der Waals surface area contributed by atoms with E-state index in [4.69, 9.17) is 4.74 Å². The fourth-order valence-corrected chi connectivity index (χ4v) is 2.02. The molecule has 0 saturated carbocycles.